The van der Waals surface area contributed by atoms with Crippen molar-refractivity contribution in [2.75, 3.05) is 6.61 Å². The lowest BCUT2D eigenvalue weighted by atomic mass is 10.2. The first-order chi connectivity index (χ1) is 7.37. The van der Waals surface area contributed by atoms with Crippen LogP contribution in [0.2, 0.25) is 0 Å². The zero-order valence-corrected chi connectivity index (χ0v) is 11.0. The van der Waals surface area contributed by atoms with Crippen molar-refractivity contribution in [2.24, 2.45) is 0 Å². The second-order valence-corrected chi connectivity index (χ2v) is 6.18. The number of pyridine rings is 1. The maximum atomic E-state index is 13.2. The molecule has 0 aliphatic heterocycles. The van der Waals surface area contributed by atoms with Gasteiger partial charge in [-0.25, -0.2) is 4.39 Å². The summed E-state index contributed by atoms with van der Waals surface area (Å²) >= 11 is 1.71. The van der Waals surface area contributed by atoms with Crippen LogP contribution in [0.5, 0.6) is 5.75 Å². The number of ether oxygens (including phenoxy) is 1. The summed E-state index contributed by atoms with van der Waals surface area (Å²) in [5.74, 6) is 0.622. The van der Waals surface area contributed by atoms with Gasteiger partial charge in [0, 0.05) is 16.3 Å². The number of nitrogens with zero attached hydrogens (tertiary/aromatic N) is 1. The van der Waals surface area contributed by atoms with Crippen molar-refractivity contribution in [1.82, 2.24) is 4.98 Å². The number of thioether (sulfide) groups is 1. The smallest absolute Gasteiger partial charge is 0.139 e. The van der Waals surface area contributed by atoms with Gasteiger partial charge in [-0.3, -0.25) is 4.98 Å². The molecule has 0 aliphatic rings. The van der Waals surface area contributed by atoms with E-state index >= 15 is 0 Å². The summed E-state index contributed by atoms with van der Waals surface area (Å²) in [4.78, 5) is 5.12. The molecule has 0 saturated carbocycles. The average molecular weight is 243 g/mol. The van der Waals surface area contributed by atoms with Gasteiger partial charge in [-0.2, -0.15) is 0 Å². The van der Waals surface area contributed by atoms with Crippen molar-refractivity contribution in [3.63, 3.8) is 0 Å². The molecule has 90 valence electrons. The Bertz CT molecular complexity index is 336. The number of halogens is 1. The third-order valence-electron chi connectivity index (χ3n) is 1.64. The van der Waals surface area contributed by atoms with Gasteiger partial charge in [-0.1, -0.05) is 13.8 Å². The summed E-state index contributed by atoms with van der Waals surface area (Å²) in [5.41, 5.74) is -1.32. The minimum atomic E-state index is -1.32. The normalized spacial score (nSPS) is 11.9. The van der Waals surface area contributed by atoms with Crippen molar-refractivity contribution in [3.8, 4) is 5.75 Å². The van der Waals surface area contributed by atoms with E-state index in [9.17, 15) is 4.39 Å². The average Bonchev–Trinajstić information content (AvgIpc) is 2.13. The van der Waals surface area contributed by atoms with E-state index in [1.165, 1.54) is 13.8 Å². The van der Waals surface area contributed by atoms with Crippen LogP contribution in [-0.4, -0.2) is 22.5 Å². The summed E-state index contributed by atoms with van der Waals surface area (Å²) in [5, 5.41) is 0.495. The molecule has 0 aliphatic carbocycles. The Morgan fingerprint density at radius 3 is 2.69 bits per heavy atom. The Balaban J connectivity index is 2.60. The first-order valence-corrected chi connectivity index (χ1v) is 6.18. The molecule has 2 nitrogen and oxygen atoms in total. The van der Waals surface area contributed by atoms with E-state index in [1.54, 1.807) is 24.2 Å². The molecule has 0 N–H and O–H groups in total. The Kier molecular flexibility index (Phi) is 4.59. The van der Waals surface area contributed by atoms with Crippen molar-refractivity contribution in [3.05, 3.63) is 18.5 Å². The summed E-state index contributed by atoms with van der Waals surface area (Å²) in [6.45, 7) is 7.26. The summed E-state index contributed by atoms with van der Waals surface area (Å²) in [6.07, 6.45) is 3.40. The maximum absolute atomic E-state index is 13.2. The van der Waals surface area contributed by atoms with Crippen LogP contribution in [-0.2, 0) is 0 Å². The number of rotatable bonds is 5. The molecule has 0 atom stereocenters. The Labute approximate surface area is 101 Å². The second-order valence-electron chi connectivity index (χ2n) is 4.53. The molecule has 0 spiro atoms. The molecule has 4 heteroatoms. The molecule has 16 heavy (non-hydrogen) atoms. The van der Waals surface area contributed by atoms with Gasteiger partial charge in [0.1, 0.15) is 18.0 Å². The fourth-order valence-electron chi connectivity index (χ4n) is 1.07. The van der Waals surface area contributed by atoms with Crippen molar-refractivity contribution < 1.29 is 9.13 Å². The first-order valence-electron chi connectivity index (χ1n) is 5.30. The molecule has 0 unspecified atom stereocenters. The highest BCUT2D eigenvalue weighted by Crippen LogP contribution is 2.25. The lowest BCUT2D eigenvalue weighted by Crippen LogP contribution is -2.22. The van der Waals surface area contributed by atoms with E-state index in [4.69, 9.17) is 4.74 Å². The molecular formula is C12H18FNOS. The number of hydrogen-bond acceptors (Lipinski definition) is 3. The molecule has 1 heterocycles. The van der Waals surface area contributed by atoms with Gasteiger partial charge in [-0.15, -0.1) is 11.8 Å². The van der Waals surface area contributed by atoms with Crippen LogP contribution in [0.1, 0.15) is 27.7 Å². The van der Waals surface area contributed by atoms with Crippen LogP contribution >= 0.6 is 11.8 Å². The standard InChI is InChI=1S/C12H18FNOS/c1-9(2)16-11-5-10(6-14-7-11)15-8-12(3,4)13/h5-7,9H,8H2,1-4H3. The van der Waals surface area contributed by atoms with Crippen molar-refractivity contribution in [1.29, 1.82) is 0 Å². The molecule has 0 amide bonds. The molecule has 0 saturated heterocycles. The monoisotopic (exact) mass is 243 g/mol. The molecule has 1 aromatic rings. The number of aromatic nitrogens is 1. The van der Waals surface area contributed by atoms with Crippen LogP contribution in [0, 0.1) is 0 Å². The van der Waals surface area contributed by atoms with E-state index in [0.29, 0.717) is 11.0 Å². The van der Waals surface area contributed by atoms with Crippen LogP contribution in [0.3, 0.4) is 0 Å². The van der Waals surface area contributed by atoms with Gasteiger partial charge in [0.25, 0.3) is 0 Å². The lowest BCUT2D eigenvalue weighted by Gasteiger charge is -2.15. The fraction of sp³-hybridized carbons (Fsp3) is 0.583. The molecule has 1 aromatic heterocycles. The van der Waals surface area contributed by atoms with Crippen LogP contribution in [0.25, 0.3) is 0 Å². The van der Waals surface area contributed by atoms with Crippen molar-refractivity contribution >= 4 is 11.8 Å². The fourth-order valence-corrected chi connectivity index (χ4v) is 1.92. The van der Waals surface area contributed by atoms with Crippen LogP contribution in [0.15, 0.2) is 23.4 Å². The minimum Gasteiger partial charge on any atom is -0.489 e. The Morgan fingerprint density at radius 2 is 2.12 bits per heavy atom. The van der Waals surface area contributed by atoms with Gasteiger partial charge in [-0.05, 0) is 19.9 Å². The Hall–Kier alpha value is -0.770. The predicted molar refractivity (Wildman–Crippen MR) is 65.9 cm³/mol. The number of alkyl halides is 1. The molecule has 0 fully saturated rings. The van der Waals surface area contributed by atoms with E-state index in [2.05, 4.69) is 18.8 Å². The highest BCUT2D eigenvalue weighted by Gasteiger charge is 2.16. The molecule has 1 rings (SSSR count). The van der Waals surface area contributed by atoms with Crippen LogP contribution in [0.4, 0.5) is 4.39 Å². The quantitative estimate of drug-likeness (QED) is 0.736. The highest BCUT2D eigenvalue weighted by atomic mass is 32.2. The summed E-state index contributed by atoms with van der Waals surface area (Å²) < 4.78 is 18.6. The van der Waals surface area contributed by atoms with Gasteiger partial charge in [0.15, 0.2) is 0 Å². The SMILES string of the molecule is CC(C)Sc1cncc(OCC(C)(C)F)c1. The van der Waals surface area contributed by atoms with E-state index in [-0.39, 0.29) is 6.61 Å². The predicted octanol–water partition coefficient (Wildman–Crippen LogP) is 3.71. The first kappa shape index (κ1) is 13.3. The third kappa shape index (κ3) is 5.35. The minimum absolute atomic E-state index is 0.0461. The van der Waals surface area contributed by atoms with Gasteiger partial charge >= 0.3 is 0 Å². The largest absolute Gasteiger partial charge is 0.489 e. The molecule has 0 radical (unpaired) electrons. The molecule has 0 aromatic carbocycles. The van der Waals surface area contributed by atoms with E-state index in [0.717, 1.165) is 4.90 Å². The van der Waals surface area contributed by atoms with Gasteiger partial charge in [0.2, 0.25) is 0 Å². The van der Waals surface area contributed by atoms with E-state index in [1.807, 2.05) is 6.07 Å². The van der Waals surface area contributed by atoms with Crippen molar-refractivity contribution in [2.45, 2.75) is 43.5 Å². The third-order valence-corrected chi connectivity index (χ3v) is 2.61. The van der Waals surface area contributed by atoms with Crippen LogP contribution < -0.4 is 4.74 Å². The van der Waals surface area contributed by atoms with Gasteiger partial charge < -0.3 is 4.74 Å². The summed E-state index contributed by atoms with van der Waals surface area (Å²) in [6, 6.07) is 1.89. The van der Waals surface area contributed by atoms with Gasteiger partial charge in [0.05, 0.1) is 6.20 Å². The maximum Gasteiger partial charge on any atom is 0.139 e. The zero-order chi connectivity index (χ0) is 12.2. The Morgan fingerprint density at radius 1 is 1.44 bits per heavy atom. The highest BCUT2D eigenvalue weighted by molar-refractivity contribution is 7.99. The number of hydrogen-bond donors (Lipinski definition) is 0. The zero-order valence-electron chi connectivity index (χ0n) is 10.2. The molecule has 0 bridgehead atoms. The second kappa shape index (κ2) is 5.53. The summed E-state index contributed by atoms with van der Waals surface area (Å²) in [7, 11) is 0. The lowest BCUT2D eigenvalue weighted by molar-refractivity contribution is 0.120. The molecular weight excluding hydrogens is 225 g/mol. The topological polar surface area (TPSA) is 22.1 Å². The van der Waals surface area contributed by atoms with E-state index < -0.39 is 5.67 Å².